The minimum atomic E-state index is -0.449. The zero-order chi connectivity index (χ0) is 27.1. The number of rotatable bonds is 9. The summed E-state index contributed by atoms with van der Waals surface area (Å²) in [7, 11) is 0. The van der Waals surface area contributed by atoms with E-state index in [-0.39, 0.29) is 36.5 Å². The molecule has 2 saturated heterocycles. The summed E-state index contributed by atoms with van der Waals surface area (Å²) in [4.78, 5) is 24.6. The fourth-order valence-corrected chi connectivity index (χ4v) is 4.91. The molecule has 1 amide bonds. The third-order valence-corrected chi connectivity index (χ3v) is 7.09. The van der Waals surface area contributed by atoms with Crippen LogP contribution in [0.1, 0.15) is 50.7 Å². The number of aliphatic hydroxyl groups is 1. The van der Waals surface area contributed by atoms with Gasteiger partial charge in [-0.05, 0) is 70.2 Å². The summed E-state index contributed by atoms with van der Waals surface area (Å²) >= 11 is 0. The fourth-order valence-electron chi connectivity index (χ4n) is 4.91. The molecule has 2 aliphatic heterocycles. The van der Waals surface area contributed by atoms with Gasteiger partial charge in [0, 0.05) is 45.6 Å². The second-order valence-electron chi connectivity index (χ2n) is 10.5. The largest absolute Gasteiger partial charge is 0.474 e. The smallest absolute Gasteiger partial charge is 0.410 e. The van der Waals surface area contributed by atoms with Gasteiger partial charge in [0.05, 0.1) is 11.7 Å². The summed E-state index contributed by atoms with van der Waals surface area (Å²) < 4.78 is 32.1. The van der Waals surface area contributed by atoms with Crippen LogP contribution in [-0.4, -0.2) is 82.5 Å². The highest BCUT2D eigenvalue weighted by atomic mass is 19.1. The van der Waals surface area contributed by atoms with Crippen molar-refractivity contribution in [3.63, 3.8) is 0 Å². The van der Waals surface area contributed by atoms with E-state index in [0.29, 0.717) is 43.3 Å². The Kier molecular flexibility index (Phi) is 9.74. The van der Waals surface area contributed by atoms with Crippen molar-refractivity contribution >= 4 is 6.09 Å². The molecule has 1 aromatic heterocycles. The molecule has 0 spiro atoms. The first kappa shape index (κ1) is 28.0. The maximum Gasteiger partial charge on any atom is 0.410 e. The first-order valence-corrected chi connectivity index (χ1v) is 13.6. The highest BCUT2D eigenvalue weighted by Gasteiger charge is 2.26. The Morgan fingerprint density at radius 3 is 2.63 bits per heavy atom. The number of carbonyl (C=O) groups excluding carboxylic acids is 1. The lowest BCUT2D eigenvalue weighted by Crippen LogP contribution is -2.42. The Bertz CT molecular complexity index is 1080. The van der Waals surface area contributed by atoms with E-state index in [1.807, 2.05) is 19.9 Å². The molecule has 0 bridgehead atoms. The molecular formula is C28H39FN4O5. The van der Waals surface area contributed by atoms with Crippen molar-refractivity contribution < 1.29 is 28.5 Å². The normalized spacial score (nSPS) is 19.0. The zero-order valence-corrected chi connectivity index (χ0v) is 22.6. The first-order valence-electron chi connectivity index (χ1n) is 13.6. The molecule has 208 valence electrons. The Balaban J connectivity index is 1.31. The number of aromatic nitrogens is 2. The van der Waals surface area contributed by atoms with Crippen molar-refractivity contribution in [1.29, 1.82) is 0 Å². The molecule has 0 saturated carbocycles. The van der Waals surface area contributed by atoms with Crippen LogP contribution in [0.25, 0.3) is 0 Å². The van der Waals surface area contributed by atoms with Gasteiger partial charge in [-0.15, -0.1) is 0 Å². The molecule has 1 N–H and O–H groups in total. The molecule has 9 nitrogen and oxygen atoms in total. The number of hydrogen-bond donors (Lipinski definition) is 1. The van der Waals surface area contributed by atoms with Gasteiger partial charge in [-0.1, -0.05) is 6.07 Å². The zero-order valence-electron chi connectivity index (χ0n) is 22.6. The molecule has 0 unspecified atom stereocenters. The highest BCUT2D eigenvalue weighted by Crippen LogP contribution is 2.31. The van der Waals surface area contributed by atoms with Gasteiger partial charge in [0.25, 0.3) is 0 Å². The van der Waals surface area contributed by atoms with Gasteiger partial charge < -0.3 is 29.1 Å². The molecular weight excluding hydrogens is 491 g/mol. The van der Waals surface area contributed by atoms with E-state index >= 15 is 0 Å². The lowest BCUT2D eigenvalue weighted by atomic mass is 9.98. The Hall–Kier alpha value is -2.98. The van der Waals surface area contributed by atoms with E-state index in [9.17, 15) is 14.3 Å². The third kappa shape index (κ3) is 7.54. The SMILES string of the molecule is Cc1c(Oc2ccc(CCN3CCC[C@@H](CO)C3)cc2F)ncnc1OC1CCN(C(=O)OC(C)C)CC1. The molecule has 0 aliphatic carbocycles. The van der Waals surface area contributed by atoms with Crippen molar-refractivity contribution in [3.05, 3.63) is 41.5 Å². The molecule has 0 radical (unpaired) electrons. The predicted octanol–water partition coefficient (Wildman–Crippen LogP) is 4.35. The van der Waals surface area contributed by atoms with Gasteiger partial charge >= 0.3 is 6.09 Å². The molecule has 38 heavy (non-hydrogen) atoms. The lowest BCUT2D eigenvalue weighted by molar-refractivity contribution is 0.0505. The maximum atomic E-state index is 14.9. The van der Waals surface area contributed by atoms with E-state index in [4.69, 9.17) is 14.2 Å². The van der Waals surface area contributed by atoms with Crippen molar-refractivity contribution in [2.45, 2.75) is 65.1 Å². The average molecular weight is 531 g/mol. The first-order chi connectivity index (χ1) is 18.3. The molecule has 10 heteroatoms. The number of piperidine rings is 2. The van der Waals surface area contributed by atoms with Crippen LogP contribution in [0, 0.1) is 18.7 Å². The number of nitrogens with zero attached hydrogens (tertiary/aromatic N) is 4. The number of benzene rings is 1. The molecule has 4 rings (SSSR count). The second-order valence-corrected chi connectivity index (χ2v) is 10.5. The average Bonchev–Trinajstić information content (AvgIpc) is 2.91. The van der Waals surface area contributed by atoms with Gasteiger partial charge in [0.1, 0.15) is 12.4 Å². The third-order valence-electron chi connectivity index (χ3n) is 7.09. The number of likely N-dealkylation sites (tertiary alicyclic amines) is 2. The van der Waals surface area contributed by atoms with Crippen molar-refractivity contribution in [3.8, 4) is 17.5 Å². The summed E-state index contributed by atoms with van der Waals surface area (Å²) in [6, 6.07) is 5.01. The van der Waals surface area contributed by atoms with Gasteiger partial charge in [0.15, 0.2) is 11.6 Å². The number of aliphatic hydroxyl groups excluding tert-OH is 1. The topological polar surface area (TPSA) is 97.3 Å². The second kappa shape index (κ2) is 13.2. The van der Waals surface area contributed by atoms with Crippen LogP contribution in [0.15, 0.2) is 24.5 Å². The van der Waals surface area contributed by atoms with Crippen molar-refractivity contribution in [2.75, 3.05) is 39.3 Å². The van der Waals surface area contributed by atoms with Crippen LogP contribution in [0.2, 0.25) is 0 Å². The van der Waals surface area contributed by atoms with Crippen LogP contribution >= 0.6 is 0 Å². The summed E-state index contributed by atoms with van der Waals surface area (Å²) in [6.45, 7) is 9.49. The monoisotopic (exact) mass is 530 g/mol. The van der Waals surface area contributed by atoms with Crippen LogP contribution < -0.4 is 9.47 Å². The van der Waals surface area contributed by atoms with Gasteiger partial charge in [-0.2, -0.15) is 0 Å². The number of halogens is 1. The van der Waals surface area contributed by atoms with Crippen molar-refractivity contribution in [1.82, 2.24) is 19.8 Å². The minimum Gasteiger partial charge on any atom is -0.474 e. The number of amides is 1. The van der Waals surface area contributed by atoms with Crippen LogP contribution in [0.5, 0.6) is 17.5 Å². The van der Waals surface area contributed by atoms with E-state index in [0.717, 1.165) is 44.5 Å². The van der Waals surface area contributed by atoms with Gasteiger partial charge in [0.2, 0.25) is 11.8 Å². The van der Waals surface area contributed by atoms with Gasteiger partial charge in [-0.3, -0.25) is 0 Å². The summed E-state index contributed by atoms with van der Waals surface area (Å²) in [5.41, 5.74) is 1.48. The van der Waals surface area contributed by atoms with Crippen LogP contribution in [0.3, 0.4) is 0 Å². The van der Waals surface area contributed by atoms with E-state index < -0.39 is 5.82 Å². The van der Waals surface area contributed by atoms with E-state index in [1.54, 1.807) is 17.9 Å². The summed E-state index contributed by atoms with van der Waals surface area (Å²) in [5, 5.41) is 9.43. The van der Waals surface area contributed by atoms with E-state index in [1.165, 1.54) is 12.4 Å². The Morgan fingerprint density at radius 1 is 1.16 bits per heavy atom. The molecule has 3 heterocycles. The predicted molar refractivity (Wildman–Crippen MR) is 140 cm³/mol. The number of ether oxygens (including phenoxy) is 3. The summed E-state index contributed by atoms with van der Waals surface area (Å²) in [6.07, 6.45) is 4.97. The number of hydrogen-bond acceptors (Lipinski definition) is 8. The van der Waals surface area contributed by atoms with Crippen molar-refractivity contribution in [2.24, 2.45) is 5.92 Å². The summed E-state index contributed by atoms with van der Waals surface area (Å²) in [5.74, 6) is 0.607. The Labute approximate surface area is 223 Å². The molecule has 2 aromatic rings. The van der Waals surface area contributed by atoms with Crippen LogP contribution in [0.4, 0.5) is 9.18 Å². The lowest BCUT2D eigenvalue weighted by Gasteiger charge is -2.32. The minimum absolute atomic E-state index is 0.0943. The highest BCUT2D eigenvalue weighted by molar-refractivity contribution is 5.67. The standard InChI is InChI=1S/C28H39FN4O5/c1-19(2)36-28(35)33-13-9-23(10-14-33)37-26-20(3)27(31-18-30-26)38-25-7-6-21(15-24(25)29)8-12-32-11-4-5-22(16-32)17-34/h6-7,15,18-19,22-23,34H,4-5,8-14,16-17H2,1-3H3/t22-/m1/s1. The molecule has 2 fully saturated rings. The molecule has 1 atom stereocenters. The quantitative estimate of drug-likeness (QED) is 0.511. The van der Waals surface area contributed by atoms with Gasteiger partial charge in [-0.25, -0.2) is 19.2 Å². The Morgan fingerprint density at radius 2 is 1.92 bits per heavy atom. The molecule has 2 aliphatic rings. The van der Waals surface area contributed by atoms with Crippen LogP contribution in [-0.2, 0) is 11.2 Å². The fraction of sp³-hybridized carbons (Fsp3) is 0.607. The maximum absolute atomic E-state index is 14.9. The van der Waals surface area contributed by atoms with E-state index in [2.05, 4.69) is 14.9 Å². The number of carbonyl (C=O) groups is 1. The molecule has 1 aromatic carbocycles.